The maximum absolute atomic E-state index is 13.1. The van der Waals surface area contributed by atoms with Crippen molar-refractivity contribution in [1.29, 1.82) is 0 Å². The number of hydrogen-bond acceptors (Lipinski definition) is 7. The molecule has 36 heavy (non-hydrogen) atoms. The number of aromatic nitrogens is 1. The molecule has 0 fully saturated rings. The number of amides is 1. The summed E-state index contributed by atoms with van der Waals surface area (Å²) in [7, 11) is -5.82. The molecule has 3 rings (SSSR count). The van der Waals surface area contributed by atoms with Gasteiger partial charge in [-0.2, -0.15) is 21.6 Å². The summed E-state index contributed by atoms with van der Waals surface area (Å²) >= 11 is 5.81. The Morgan fingerprint density at radius 3 is 2.50 bits per heavy atom. The molecule has 2 aromatic rings. The molecule has 1 aliphatic rings. The Hall–Kier alpha value is -2.57. The van der Waals surface area contributed by atoms with Crippen LogP contribution < -0.4 is 4.18 Å². The van der Waals surface area contributed by atoms with E-state index in [-0.39, 0.29) is 18.1 Å². The predicted molar refractivity (Wildman–Crippen MR) is 125 cm³/mol. The van der Waals surface area contributed by atoms with E-state index in [0.717, 1.165) is 11.6 Å². The van der Waals surface area contributed by atoms with E-state index in [2.05, 4.69) is 9.17 Å². The summed E-state index contributed by atoms with van der Waals surface area (Å²) in [4.78, 5) is 18.4. The first-order chi connectivity index (χ1) is 16.6. The van der Waals surface area contributed by atoms with Crippen molar-refractivity contribution >= 4 is 27.8 Å². The van der Waals surface area contributed by atoms with Crippen LogP contribution in [0.15, 0.2) is 36.5 Å². The molecule has 0 bridgehead atoms. The number of rotatable bonds is 6. The van der Waals surface area contributed by atoms with Crippen LogP contribution in [0.5, 0.6) is 5.75 Å². The zero-order valence-electron chi connectivity index (χ0n) is 19.8. The van der Waals surface area contributed by atoms with E-state index >= 15 is 0 Å². The van der Waals surface area contributed by atoms with Gasteiger partial charge in [-0.25, -0.2) is 9.78 Å². The van der Waals surface area contributed by atoms with Crippen LogP contribution in [0.1, 0.15) is 50.0 Å². The number of nitrogens with zero attached hydrogens (tertiary/aromatic N) is 2. The van der Waals surface area contributed by atoms with Crippen LogP contribution in [-0.4, -0.2) is 53.2 Å². The summed E-state index contributed by atoms with van der Waals surface area (Å²) in [6.45, 7) is 4.95. The van der Waals surface area contributed by atoms with E-state index in [9.17, 15) is 31.5 Å². The number of benzene rings is 1. The Kier molecular flexibility index (Phi) is 8.11. The van der Waals surface area contributed by atoms with Crippen LogP contribution in [0.25, 0.3) is 0 Å². The maximum Gasteiger partial charge on any atom is 0.534 e. The highest BCUT2D eigenvalue weighted by Gasteiger charge is 2.48. The van der Waals surface area contributed by atoms with E-state index < -0.39 is 45.2 Å². The monoisotopic (exact) mass is 550 g/mol. The molecule has 1 aromatic heterocycles. The number of ether oxygens (including phenoxy) is 1. The molecule has 0 radical (unpaired) electrons. The van der Waals surface area contributed by atoms with Crippen molar-refractivity contribution in [3.05, 3.63) is 58.4 Å². The third kappa shape index (κ3) is 7.01. The number of carbonyl (C=O) groups is 1. The number of aliphatic hydroxyl groups is 1. The zero-order valence-corrected chi connectivity index (χ0v) is 21.3. The second kappa shape index (κ2) is 10.4. The molecule has 198 valence electrons. The van der Waals surface area contributed by atoms with Gasteiger partial charge in [-0.05, 0) is 69.4 Å². The minimum atomic E-state index is -5.82. The van der Waals surface area contributed by atoms with Gasteiger partial charge in [0.25, 0.3) is 0 Å². The molecule has 0 aliphatic heterocycles. The summed E-state index contributed by atoms with van der Waals surface area (Å²) in [5.74, 6) is -0.484. The van der Waals surface area contributed by atoms with Crippen LogP contribution in [0.3, 0.4) is 0 Å². The van der Waals surface area contributed by atoms with Crippen molar-refractivity contribution in [3.8, 4) is 5.75 Å². The van der Waals surface area contributed by atoms with Gasteiger partial charge in [0.1, 0.15) is 16.5 Å². The van der Waals surface area contributed by atoms with Crippen LogP contribution in [-0.2, 0) is 27.7 Å². The van der Waals surface area contributed by atoms with Crippen molar-refractivity contribution in [3.63, 3.8) is 0 Å². The molecule has 1 amide bonds. The fourth-order valence-electron chi connectivity index (χ4n) is 3.78. The minimum absolute atomic E-state index is 0.142. The van der Waals surface area contributed by atoms with Gasteiger partial charge in [0.05, 0.1) is 12.6 Å². The van der Waals surface area contributed by atoms with Gasteiger partial charge in [-0.1, -0.05) is 23.7 Å². The molecule has 0 saturated heterocycles. The summed E-state index contributed by atoms with van der Waals surface area (Å²) < 4.78 is 70.8. The van der Waals surface area contributed by atoms with E-state index in [1.54, 1.807) is 26.8 Å². The number of pyridine rings is 1. The number of aryl methyl sites for hydroxylation is 1. The Balaban J connectivity index is 1.86. The van der Waals surface area contributed by atoms with Gasteiger partial charge in [0.2, 0.25) is 0 Å². The second-order valence-corrected chi connectivity index (χ2v) is 11.3. The fraction of sp³-hybridized carbons (Fsp3) is 0.478. The molecule has 8 nitrogen and oxygen atoms in total. The quantitative estimate of drug-likeness (QED) is 0.313. The molecular weight excluding hydrogens is 525 g/mol. The van der Waals surface area contributed by atoms with Gasteiger partial charge in [0.15, 0.2) is 0 Å². The second-order valence-electron chi connectivity index (χ2n) is 9.37. The van der Waals surface area contributed by atoms with Crippen molar-refractivity contribution < 1.29 is 40.4 Å². The molecule has 1 N–H and O–H groups in total. The first-order valence-electron chi connectivity index (χ1n) is 11.0. The average Bonchev–Trinajstić information content (AvgIpc) is 2.75. The molecule has 1 heterocycles. The first kappa shape index (κ1) is 28.0. The van der Waals surface area contributed by atoms with Gasteiger partial charge >= 0.3 is 21.7 Å². The van der Waals surface area contributed by atoms with Gasteiger partial charge in [0, 0.05) is 17.8 Å². The number of aliphatic hydroxyl groups excluding tert-OH is 1. The van der Waals surface area contributed by atoms with Crippen molar-refractivity contribution in [2.45, 2.75) is 63.3 Å². The lowest BCUT2D eigenvalue weighted by molar-refractivity contribution is -0.0500. The molecule has 13 heteroatoms. The van der Waals surface area contributed by atoms with Crippen LogP contribution in [0.2, 0.25) is 5.15 Å². The average molecular weight is 551 g/mol. The van der Waals surface area contributed by atoms with Crippen molar-refractivity contribution in [1.82, 2.24) is 9.88 Å². The minimum Gasteiger partial charge on any atom is -0.444 e. The Labute approximate surface area is 212 Å². The number of alkyl halides is 3. The van der Waals surface area contributed by atoms with E-state index in [1.807, 2.05) is 0 Å². The normalized spacial score (nSPS) is 17.2. The highest BCUT2D eigenvalue weighted by molar-refractivity contribution is 7.88. The highest BCUT2D eigenvalue weighted by Crippen LogP contribution is 2.32. The molecule has 0 saturated carbocycles. The van der Waals surface area contributed by atoms with Crippen LogP contribution >= 0.6 is 11.6 Å². The van der Waals surface area contributed by atoms with Gasteiger partial charge < -0.3 is 18.9 Å². The lowest BCUT2D eigenvalue weighted by Crippen LogP contribution is -2.47. The third-order valence-electron chi connectivity index (χ3n) is 5.44. The molecule has 0 spiro atoms. The summed E-state index contributed by atoms with van der Waals surface area (Å²) in [5, 5.41) is 11.0. The molecule has 1 aromatic carbocycles. The Morgan fingerprint density at radius 1 is 1.22 bits per heavy atom. The van der Waals surface area contributed by atoms with Crippen molar-refractivity contribution in [2.75, 3.05) is 6.54 Å². The van der Waals surface area contributed by atoms with Gasteiger partial charge in [-0.15, -0.1) is 0 Å². The van der Waals surface area contributed by atoms with Gasteiger partial charge in [-0.3, -0.25) is 0 Å². The molecule has 1 aliphatic carbocycles. The van der Waals surface area contributed by atoms with Crippen molar-refractivity contribution in [2.24, 2.45) is 0 Å². The topological polar surface area (TPSA) is 106 Å². The van der Waals surface area contributed by atoms with Crippen LogP contribution in [0, 0.1) is 0 Å². The lowest BCUT2D eigenvalue weighted by Gasteiger charge is -2.37. The highest BCUT2D eigenvalue weighted by atomic mass is 35.5. The van der Waals surface area contributed by atoms with E-state index in [4.69, 9.17) is 16.3 Å². The molecule has 2 atom stereocenters. The largest absolute Gasteiger partial charge is 0.534 e. The SMILES string of the molecule is CC(C)(C)OC(=O)N(C[C@@H](O)c1ccc(Cl)nc1)[C@H]1CCc2ccc(OS(=O)(=O)C(F)(F)F)cc2C1. The smallest absolute Gasteiger partial charge is 0.444 e. The van der Waals surface area contributed by atoms with Crippen LogP contribution in [0.4, 0.5) is 18.0 Å². The Bertz CT molecular complexity index is 1200. The number of halogens is 4. The van der Waals surface area contributed by atoms with E-state index in [0.29, 0.717) is 24.0 Å². The third-order valence-corrected chi connectivity index (χ3v) is 6.65. The maximum atomic E-state index is 13.1. The summed E-state index contributed by atoms with van der Waals surface area (Å²) in [6, 6.07) is 6.47. The number of hydrogen-bond donors (Lipinski definition) is 1. The number of fused-ring (bicyclic) bond motifs is 1. The predicted octanol–water partition coefficient (Wildman–Crippen LogP) is 4.79. The standard InChI is InChI=1S/C23H26ClF3N2O6S/c1-22(2,3)34-21(31)29(13-19(30)15-6-9-20(24)28-12-15)17-7-4-14-5-8-18(11-16(14)10-17)35-36(32,33)23(25,26)27/h5-6,8-9,11-12,17,19,30H,4,7,10,13H2,1-3H3/t17-,19+/m0/s1. The Morgan fingerprint density at radius 2 is 1.92 bits per heavy atom. The summed E-state index contributed by atoms with van der Waals surface area (Å²) in [5.41, 5.74) is -4.64. The first-order valence-corrected chi connectivity index (χ1v) is 12.8. The summed E-state index contributed by atoms with van der Waals surface area (Å²) in [6.07, 6.45) is 0.729. The molecule has 0 unspecified atom stereocenters. The zero-order chi connectivity index (χ0) is 26.9. The molecular formula is C23H26ClF3N2O6S. The fourth-order valence-corrected chi connectivity index (χ4v) is 4.34. The number of carbonyl (C=O) groups excluding carboxylic acids is 1. The lowest BCUT2D eigenvalue weighted by atomic mass is 9.87. The van der Waals surface area contributed by atoms with E-state index in [1.165, 1.54) is 29.3 Å².